The third-order valence-electron chi connectivity index (χ3n) is 5.49. The highest BCUT2D eigenvalue weighted by Crippen LogP contribution is 2.39. The van der Waals surface area contributed by atoms with Crippen molar-refractivity contribution in [1.82, 2.24) is 4.90 Å². The largest absolute Gasteiger partial charge is 0.379 e. The SMILES string of the molecule is CC1(C)CC=C(c2cc(CCN3CCOCC3)ccc2C(N)=O)CC1.Cl. The summed E-state index contributed by atoms with van der Waals surface area (Å²) in [5, 5.41) is 0. The molecule has 1 heterocycles. The molecule has 0 spiro atoms. The summed E-state index contributed by atoms with van der Waals surface area (Å²) in [5.74, 6) is -0.333. The molecule has 0 atom stereocenters. The third kappa shape index (κ3) is 5.32. The Labute approximate surface area is 163 Å². The van der Waals surface area contributed by atoms with Crippen LogP contribution in [0.1, 0.15) is 54.6 Å². The highest BCUT2D eigenvalue weighted by molar-refractivity contribution is 5.98. The number of carbonyl (C=O) groups excluding carboxylic acids is 1. The lowest BCUT2D eigenvalue weighted by atomic mass is 9.76. The first kappa shape index (κ1) is 20.9. The molecule has 1 amide bonds. The summed E-state index contributed by atoms with van der Waals surface area (Å²) >= 11 is 0. The maximum Gasteiger partial charge on any atom is 0.249 e. The van der Waals surface area contributed by atoms with E-state index in [4.69, 9.17) is 10.5 Å². The van der Waals surface area contributed by atoms with Gasteiger partial charge in [0.1, 0.15) is 0 Å². The van der Waals surface area contributed by atoms with Crippen LogP contribution in [0.3, 0.4) is 0 Å². The molecule has 0 radical (unpaired) electrons. The number of allylic oxidation sites excluding steroid dienone is 2. The van der Waals surface area contributed by atoms with Crippen molar-refractivity contribution in [2.45, 2.75) is 39.5 Å². The van der Waals surface area contributed by atoms with Gasteiger partial charge in [-0.2, -0.15) is 0 Å². The monoisotopic (exact) mass is 378 g/mol. The van der Waals surface area contributed by atoms with E-state index < -0.39 is 0 Å². The minimum atomic E-state index is -0.333. The van der Waals surface area contributed by atoms with E-state index in [2.05, 4.69) is 37.0 Å². The molecule has 144 valence electrons. The summed E-state index contributed by atoms with van der Waals surface area (Å²) in [6.45, 7) is 9.30. The van der Waals surface area contributed by atoms with E-state index in [0.717, 1.165) is 64.1 Å². The Morgan fingerprint density at radius 2 is 2.00 bits per heavy atom. The lowest BCUT2D eigenvalue weighted by molar-refractivity contribution is 0.0384. The molecule has 1 fully saturated rings. The lowest BCUT2D eigenvalue weighted by Gasteiger charge is -2.29. The normalized spacial score (nSPS) is 20.2. The fourth-order valence-electron chi connectivity index (χ4n) is 3.66. The molecule has 3 rings (SSSR count). The Bertz CT molecular complexity index is 664. The van der Waals surface area contributed by atoms with Crippen LogP contribution in [0, 0.1) is 5.41 Å². The second-order valence-electron chi connectivity index (χ2n) is 8.05. The molecule has 2 aliphatic rings. The molecule has 1 saturated heterocycles. The quantitative estimate of drug-likeness (QED) is 0.850. The van der Waals surface area contributed by atoms with Crippen LogP contribution >= 0.6 is 12.4 Å². The number of halogens is 1. The number of morpholine rings is 1. The van der Waals surface area contributed by atoms with Crippen LogP contribution in [0.25, 0.3) is 5.57 Å². The van der Waals surface area contributed by atoms with Gasteiger partial charge < -0.3 is 10.5 Å². The molecule has 26 heavy (non-hydrogen) atoms. The topological polar surface area (TPSA) is 55.6 Å². The van der Waals surface area contributed by atoms with E-state index in [1.165, 1.54) is 11.1 Å². The first-order valence-electron chi connectivity index (χ1n) is 9.37. The molecule has 1 aromatic carbocycles. The second-order valence-corrected chi connectivity index (χ2v) is 8.05. The van der Waals surface area contributed by atoms with Crippen molar-refractivity contribution in [2.24, 2.45) is 11.1 Å². The third-order valence-corrected chi connectivity index (χ3v) is 5.49. The van der Waals surface area contributed by atoms with Gasteiger partial charge in [-0.15, -0.1) is 12.4 Å². The molecular formula is C21H31ClN2O2. The van der Waals surface area contributed by atoms with Gasteiger partial charge in [-0.05, 0) is 53.9 Å². The van der Waals surface area contributed by atoms with Crippen LogP contribution in [-0.4, -0.2) is 43.7 Å². The second kappa shape index (κ2) is 9.03. The lowest BCUT2D eigenvalue weighted by Crippen LogP contribution is -2.37. The number of amides is 1. The molecule has 2 N–H and O–H groups in total. The van der Waals surface area contributed by atoms with E-state index >= 15 is 0 Å². The van der Waals surface area contributed by atoms with Crippen molar-refractivity contribution in [2.75, 3.05) is 32.8 Å². The van der Waals surface area contributed by atoms with Gasteiger partial charge >= 0.3 is 0 Å². The standard InChI is InChI=1S/C21H30N2O2.ClH/c1-21(2)8-5-17(6-9-21)19-15-16(3-4-18(19)20(22)24)7-10-23-11-13-25-14-12-23;/h3-5,15H,6-14H2,1-2H3,(H2,22,24);1H. The Balaban J connectivity index is 0.00000243. The van der Waals surface area contributed by atoms with Gasteiger partial charge in [0, 0.05) is 25.2 Å². The molecule has 1 aliphatic heterocycles. The maximum absolute atomic E-state index is 11.9. The highest BCUT2D eigenvalue weighted by atomic mass is 35.5. The van der Waals surface area contributed by atoms with Crippen LogP contribution in [-0.2, 0) is 11.2 Å². The predicted molar refractivity (Wildman–Crippen MR) is 109 cm³/mol. The zero-order chi connectivity index (χ0) is 17.9. The number of nitrogens with zero attached hydrogens (tertiary/aromatic N) is 1. The number of rotatable bonds is 5. The molecule has 5 heteroatoms. The number of benzene rings is 1. The van der Waals surface area contributed by atoms with Crippen LogP contribution in [0.2, 0.25) is 0 Å². The Morgan fingerprint density at radius 1 is 1.27 bits per heavy atom. The van der Waals surface area contributed by atoms with E-state index in [1.807, 2.05) is 6.07 Å². The van der Waals surface area contributed by atoms with Crippen molar-refractivity contribution in [3.05, 3.63) is 41.0 Å². The number of primary amides is 1. The molecular weight excluding hydrogens is 348 g/mol. The van der Waals surface area contributed by atoms with Crippen molar-refractivity contribution in [3.8, 4) is 0 Å². The first-order chi connectivity index (χ1) is 11.9. The van der Waals surface area contributed by atoms with Gasteiger partial charge in [0.25, 0.3) is 0 Å². The van der Waals surface area contributed by atoms with Crippen molar-refractivity contribution >= 4 is 23.9 Å². The molecule has 0 bridgehead atoms. The number of carbonyl (C=O) groups is 1. The molecule has 0 saturated carbocycles. The summed E-state index contributed by atoms with van der Waals surface area (Å²) in [6, 6.07) is 6.15. The average Bonchev–Trinajstić information content (AvgIpc) is 2.60. The Hall–Kier alpha value is -1.36. The van der Waals surface area contributed by atoms with Gasteiger partial charge in [-0.3, -0.25) is 9.69 Å². The maximum atomic E-state index is 11.9. The average molecular weight is 379 g/mol. The van der Waals surface area contributed by atoms with E-state index in [-0.39, 0.29) is 18.3 Å². The van der Waals surface area contributed by atoms with Gasteiger partial charge in [0.05, 0.1) is 13.2 Å². The van der Waals surface area contributed by atoms with Gasteiger partial charge in [-0.1, -0.05) is 32.1 Å². The smallest absolute Gasteiger partial charge is 0.249 e. The zero-order valence-corrected chi connectivity index (χ0v) is 16.7. The summed E-state index contributed by atoms with van der Waals surface area (Å²) in [5.41, 5.74) is 10.2. The number of hydrogen-bond acceptors (Lipinski definition) is 3. The number of ether oxygens (including phenoxy) is 1. The summed E-state index contributed by atoms with van der Waals surface area (Å²) in [6.07, 6.45) is 6.51. The molecule has 4 nitrogen and oxygen atoms in total. The van der Waals surface area contributed by atoms with E-state index in [0.29, 0.717) is 11.0 Å². The Kier molecular flexibility index (Phi) is 7.27. The summed E-state index contributed by atoms with van der Waals surface area (Å²) in [4.78, 5) is 14.3. The van der Waals surface area contributed by atoms with E-state index in [1.54, 1.807) is 0 Å². The summed E-state index contributed by atoms with van der Waals surface area (Å²) < 4.78 is 5.41. The molecule has 1 aromatic rings. The Morgan fingerprint density at radius 3 is 2.62 bits per heavy atom. The van der Waals surface area contributed by atoms with Crippen LogP contribution in [0.4, 0.5) is 0 Å². The molecule has 1 aliphatic carbocycles. The minimum absolute atomic E-state index is 0. The number of hydrogen-bond donors (Lipinski definition) is 1. The van der Waals surface area contributed by atoms with Gasteiger partial charge in [-0.25, -0.2) is 0 Å². The first-order valence-corrected chi connectivity index (χ1v) is 9.37. The van der Waals surface area contributed by atoms with Crippen molar-refractivity contribution in [3.63, 3.8) is 0 Å². The van der Waals surface area contributed by atoms with Crippen LogP contribution < -0.4 is 5.73 Å². The van der Waals surface area contributed by atoms with Gasteiger partial charge in [0.15, 0.2) is 0 Å². The molecule has 0 unspecified atom stereocenters. The predicted octanol–water partition coefficient (Wildman–Crippen LogP) is 3.68. The van der Waals surface area contributed by atoms with Crippen LogP contribution in [0.5, 0.6) is 0 Å². The van der Waals surface area contributed by atoms with E-state index in [9.17, 15) is 4.79 Å². The number of nitrogens with two attached hydrogens (primary N) is 1. The fourth-order valence-corrected chi connectivity index (χ4v) is 3.66. The van der Waals surface area contributed by atoms with Crippen molar-refractivity contribution < 1.29 is 9.53 Å². The highest BCUT2D eigenvalue weighted by Gasteiger charge is 2.24. The fraction of sp³-hybridized carbons (Fsp3) is 0.571. The van der Waals surface area contributed by atoms with Gasteiger partial charge in [0.2, 0.25) is 5.91 Å². The van der Waals surface area contributed by atoms with Crippen molar-refractivity contribution in [1.29, 1.82) is 0 Å². The zero-order valence-electron chi connectivity index (χ0n) is 15.9. The van der Waals surface area contributed by atoms with Crippen LogP contribution in [0.15, 0.2) is 24.3 Å². The minimum Gasteiger partial charge on any atom is -0.379 e. The summed E-state index contributed by atoms with van der Waals surface area (Å²) in [7, 11) is 0. The molecule has 0 aromatic heterocycles.